The Morgan fingerprint density at radius 3 is 1.95 bits per heavy atom. The molecule has 244 valence electrons. The van der Waals surface area contributed by atoms with Crippen LogP contribution in [0, 0.1) is 0 Å². The Morgan fingerprint density at radius 2 is 1.34 bits per heavy atom. The summed E-state index contributed by atoms with van der Waals surface area (Å²) in [7, 11) is 0. The number of H-pyrrole nitrogens is 1. The Morgan fingerprint density at radius 1 is 0.773 bits per heavy atom. The molecule has 0 saturated heterocycles. The number of carbonyl (C=O) groups is 5. The molecule has 0 radical (unpaired) electrons. The minimum absolute atomic E-state index is 0.0942. The number of hydrogen-bond donors (Lipinski definition) is 7. The van der Waals surface area contributed by atoms with E-state index in [1.165, 1.54) is 0 Å². The third-order valence-electron chi connectivity index (χ3n) is 7.72. The van der Waals surface area contributed by atoms with Crippen LogP contribution >= 0.6 is 0 Å². The molecule has 1 heterocycles. The van der Waals surface area contributed by atoms with Gasteiger partial charge < -0.3 is 37.5 Å². The van der Waals surface area contributed by atoms with Crippen LogP contribution in [0.1, 0.15) is 96.5 Å². The maximum absolute atomic E-state index is 13.5. The molecule has 0 aliphatic heterocycles. The summed E-state index contributed by atoms with van der Waals surface area (Å²) in [5, 5.41) is 18.1. The number of aromatic amines is 1. The molecular formula is C32H50N6O6. The summed E-state index contributed by atoms with van der Waals surface area (Å²) in [5.74, 6) is -3.74. The Hall–Kier alpha value is -3.93. The highest BCUT2D eigenvalue weighted by atomic mass is 16.4. The van der Waals surface area contributed by atoms with E-state index in [1.54, 1.807) is 6.20 Å². The second kappa shape index (κ2) is 19.4. The van der Waals surface area contributed by atoms with E-state index in [-0.39, 0.29) is 12.8 Å². The van der Waals surface area contributed by atoms with Crippen molar-refractivity contribution in [3.8, 4) is 0 Å². The summed E-state index contributed by atoms with van der Waals surface area (Å²) in [5.41, 5.74) is 13.4. The molecule has 12 heteroatoms. The van der Waals surface area contributed by atoms with Crippen LogP contribution in [0.25, 0.3) is 10.9 Å². The molecule has 0 aliphatic carbocycles. The summed E-state index contributed by atoms with van der Waals surface area (Å²) in [6.45, 7) is 4.16. The average molecular weight is 615 g/mol. The van der Waals surface area contributed by atoms with Crippen LogP contribution < -0.4 is 27.4 Å². The van der Waals surface area contributed by atoms with E-state index in [9.17, 15) is 29.1 Å². The molecule has 0 saturated carbocycles. The fourth-order valence-electron chi connectivity index (χ4n) is 5.07. The highest BCUT2D eigenvalue weighted by Crippen LogP contribution is 2.19. The quantitative estimate of drug-likeness (QED) is 0.0985. The topological polar surface area (TPSA) is 210 Å². The van der Waals surface area contributed by atoms with Crippen molar-refractivity contribution in [1.29, 1.82) is 0 Å². The number of aromatic nitrogens is 1. The van der Waals surface area contributed by atoms with Crippen molar-refractivity contribution >= 4 is 40.5 Å². The molecule has 9 N–H and O–H groups in total. The first-order chi connectivity index (χ1) is 21.1. The van der Waals surface area contributed by atoms with Gasteiger partial charge in [-0.1, -0.05) is 83.4 Å². The van der Waals surface area contributed by atoms with Crippen molar-refractivity contribution in [1.82, 2.24) is 20.9 Å². The summed E-state index contributed by atoms with van der Waals surface area (Å²) in [6.07, 6.45) is 9.37. The largest absolute Gasteiger partial charge is 0.481 e. The minimum atomic E-state index is -1.28. The Balaban J connectivity index is 2.16. The number of hydrogen-bond acceptors (Lipinski definition) is 6. The lowest BCUT2D eigenvalue weighted by molar-refractivity contribution is -0.138. The number of amides is 4. The Bertz CT molecular complexity index is 1230. The normalized spacial score (nSPS) is 13.9. The van der Waals surface area contributed by atoms with Crippen LogP contribution in [-0.2, 0) is 30.4 Å². The SMILES string of the molecule is CCCCCCC(N)C(=O)NC(CCCCCC)C(=O)N[C@@H](CCC(=O)O)C(=O)N[C@@H](Cc1c[nH]c2ccccc12)C(N)=O. The second-order valence-corrected chi connectivity index (χ2v) is 11.4. The van der Waals surface area contributed by atoms with Gasteiger partial charge in [-0.05, 0) is 30.9 Å². The van der Waals surface area contributed by atoms with Gasteiger partial charge in [0.25, 0.3) is 0 Å². The van der Waals surface area contributed by atoms with Gasteiger partial charge in [0.15, 0.2) is 0 Å². The van der Waals surface area contributed by atoms with Crippen LogP contribution in [0.15, 0.2) is 30.5 Å². The number of benzene rings is 1. The third-order valence-corrected chi connectivity index (χ3v) is 7.72. The number of para-hydroxylation sites is 1. The number of primary amides is 1. The molecule has 4 amide bonds. The van der Waals surface area contributed by atoms with Crippen LogP contribution in [0.2, 0.25) is 0 Å². The first-order valence-electron chi connectivity index (χ1n) is 15.8. The predicted molar refractivity (Wildman–Crippen MR) is 169 cm³/mol. The molecule has 0 bridgehead atoms. The van der Waals surface area contributed by atoms with E-state index in [0.29, 0.717) is 19.3 Å². The summed E-state index contributed by atoms with van der Waals surface area (Å²) in [6, 6.07) is 3.36. The molecule has 12 nitrogen and oxygen atoms in total. The number of nitrogens with two attached hydrogens (primary N) is 2. The molecule has 0 aliphatic rings. The first kappa shape index (κ1) is 36.3. The van der Waals surface area contributed by atoms with E-state index in [4.69, 9.17) is 11.5 Å². The molecule has 2 unspecified atom stereocenters. The van der Waals surface area contributed by atoms with Crippen molar-refractivity contribution in [3.63, 3.8) is 0 Å². The van der Waals surface area contributed by atoms with Crippen molar-refractivity contribution in [2.24, 2.45) is 11.5 Å². The first-order valence-corrected chi connectivity index (χ1v) is 15.8. The monoisotopic (exact) mass is 614 g/mol. The van der Waals surface area contributed by atoms with Gasteiger partial charge in [-0.15, -0.1) is 0 Å². The highest BCUT2D eigenvalue weighted by molar-refractivity contribution is 5.95. The number of unbranched alkanes of at least 4 members (excludes halogenated alkanes) is 6. The van der Waals surface area contributed by atoms with Crippen LogP contribution in [0.3, 0.4) is 0 Å². The van der Waals surface area contributed by atoms with Gasteiger partial charge in [0, 0.05) is 29.9 Å². The molecule has 1 aromatic carbocycles. The van der Waals surface area contributed by atoms with Crippen LogP contribution in [-0.4, -0.2) is 63.9 Å². The van der Waals surface area contributed by atoms with Gasteiger partial charge in [0.1, 0.15) is 18.1 Å². The van der Waals surface area contributed by atoms with Gasteiger partial charge in [-0.25, -0.2) is 0 Å². The lowest BCUT2D eigenvalue weighted by atomic mass is 10.0. The number of nitrogens with one attached hydrogen (secondary N) is 4. The smallest absolute Gasteiger partial charge is 0.303 e. The summed E-state index contributed by atoms with van der Waals surface area (Å²) < 4.78 is 0. The number of rotatable bonds is 22. The predicted octanol–water partition coefficient (Wildman–Crippen LogP) is 2.78. The highest BCUT2D eigenvalue weighted by Gasteiger charge is 2.30. The van der Waals surface area contributed by atoms with E-state index >= 15 is 0 Å². The van der Waals surface area contributed by atoms with E-state index in [2.05, 4.69) is 34.8 Å². The van der Waals surface area contributed by atoms with Crippen molar-refractivity contribution < 1.29 is 29.1 Å². The number of aliphatic carboxylic acids is 1. The molecule has 1 aromatic heterocycles. The lowest BCUT2D eigenvalue weighted by Gasteiger charge is -2.25. The third kappa shape index (κ3) is 12.4. The van der Waals surface area contributed by atoms with Gasteiger partial charge in [0.2, 0.25) is 23.6 Å². The van der Waals surface area contributed by atoms with Gasteiger partial charge >= 0.3 is 5.97 Å². The maximum Gasteiger partial charge on any atom is 0.303 e. The zero-order chi connectivity index (χ0) is 32.5. The summed E-state index contributed by atoms with van der Waals surface area (Å²) >= 11 is 0. The van der Waals surface area contributed by atoms with Gasteiger partial charge in [-0.2, -0.15) is 0 Å². The molecule has 4 atom stereocenters. The lowest BCUT2D eigenvalue weighted by Crippen LogP contribution is -2.57. The van der Waals surface area contributed by atoms with Crippen LogP contribution in [0.5, 0.6) is 0 Å². The van der Waals surface area contributed by atoms with Crippen molar-refractivity contribution in [3.05, 3.63) is 36.0 Å². The van der Waals surface area contributed by atoms with Crippen molar-refractivity contribution in [2.75, 3.05) is 0 Å². The zero-order valence-electron chi connectivity index (χ0n) is 26.0. The Kier molecular flexibility index (Phi) is 16.0. The molecular weight excluding hydrogens is 564 g/mol. The molecule has 0 fully saturated rings. The van der Waals surface area contributed by atoms with Gasteiger partial charge in [0.05, 0.1) is 6.04 Å². The number of carboxylic acids is 1. The number of carbonyl (C=O) groups excluding carboxylic acids is 4. The number of carboxylic acid groups (broad SMARTS) is 1. The van der Waals surface area contributed by atoms with Crippen molar-refractivity contribution in [2.45, 2.75) is 121 Å². The molecule has 0 spiro atoms. The second-order valence-electron chi connectivity index (χ2n) is 11.4. The molecule has 2 aromatic rings. The zero-order valence-corrected chi connectivity index (χ0v) is 26.0. The van der Waals surface area contributed by atoms with E-state index < -0.39 is 60.2 Å². The standard InChI is InChI=1S/C32H50N6O6/c1-3-5-7-9-14-23(33)30(42)36-25(16-10-8-6-4-2)31(43)37-26(17-18-28(39)40)32(44)38-27(29(34)41)19-21-20-35-24-15-12-11-13-22(21)24/h11-13,15,20,23,25-27,35H,3-10,14,16-19,33H2,1-2H3,(H2,34,41)(H,36,42)(H,37,43)(H,38,44)(H,39,40)/t23?,25?,26-,27-/m0/s1. The fourth-order valence-corrected chi connectivity index (χ4v) is 5.07. The van der Waals surface area contributed by atoms with Crippen LogP contribution in [0.4, 0.5) is 0 Å². The Labute approximate surface area is 259 Å². The van der Waals surface area contributed by atoms with E-state index in [0.717, 1.165) is 61.4 Å². The number of fused-ring (bicyclic) bond motifs is 1. The minimum Gasteiger partial charge on any atom is -0.481 e. The van der Waals surface area contributed by atoms with Gasteiger partial charge in [-0.3, -0.25) is 24.0 Å². The van der Waals surface area contributed by atoms with E-state index in [1.807, 2.05) is 24.3 Å². The average Bonchev–Trinajstić information content (AvgIpc) is 3.40. The molecule has 2 rings (SSSR count). The fraction of sp³-hybridized carbons (Fsp3) is 0.594. The maximum atomic E-state index is 13.5. The molecule has 44 heavy (non-hydrogen) atoms. The summed E-state index contributed by atoms with van der Waals surface area (Å²) in [4.78, 5) is 66.5.